The number of aromatic nitrogens is 2. The van der Waals surface area contributed by atoms with E-state index in [0.717, 1.165) is 44.0 Å². The molecule has 0 fully saturated rings. The van der Waals surface area contributed by atoms with Crippen molar-refractivity contribution in [1.29, 1.82) is 0 Å². The van der Waals surface area contributed by atoms with Crippen molar-refractivity contribution in [3.63, 3.8) is 0 Å². The highest BCUT2D eigenvalue weighted by atomic mass is 32.2. The molecule has 0 spiro atoms. The molecular weight excluding hydrogens is 436 g/mol. The number of benzene rings is 2. The largest absolute Gasteiger partial charge is 0.454 e. The van der Waals surface area contributed by atoms with Crippen LogP contribution in [-0.2, 0) is 9.47 Å². The van der Waals surface area contributed by atoms with E-state index in [1.807, 2.05) is 48.5 Å². The molecule has 0 radical (unpaired) electrons. The highest BCUT2D eigenvalue weighted by Crippen LogP contribution is 2.31. The van der Waals surface area contributed by atoms with Gasteiger partial charge in [-0.05, 0) is 24.3 Å². The predicted octanol–water partition coefficient (Wildman–Crippen LogP) is 6.06. The Hall–Kier alpha value is -2.14. The Bertz CT molecular complexity index is 985. The van der Waals surface area contributed by atoms with E-state index in [-0.39, 0.29) is 13.2 Å². The fraction of sp³-hybridized carbons (Fsp3) is 0.111. The van der Waals surface area contributed by atoms with Gasteiger partial charge in [0, 0.05) is 23.5 Å². The average molecular weight is 449 g/mol. The Balaban J connectivity index is 1.19. The topological polar surface area (TPSA) is 78.4 Å². The first kappa shape index (κ1) is 19.2. The van der Waals surface area contributed by atoms with Crippen LogP contribution in [0.15, 0.2) is 57.2 Å². The number of carbonyl (C=O) groups is 2. The molecule has 0 saturated heterocycles. The van der Waals surface area contributed by atoms with E-state index in [0.29, 0.717) is 8.68 Å². The van der Waals surface area contributed by atoms with E-state index >= 15 is 0 Å². The molecule has 0 aliphatic heterocycles. The lowest BCUT2D eigenvalue weighted by atomic mass is 10.3. The molecular formula is C18H12N2O4S4. The number of para-hydroxylation sites is 2. The summed E-state index contributed by atoms with van der Waals surface area (Å²) in [6, 6.07) is 15.3. The Labute approximate surface area is 176 Å². The first-order chi connectivity index (χ1) is 13.7. The summed E-state index contributed by atoms with van der Waals surface area (Å²) >= 11 is 4.71. The molecule has 0 aliphatic rings. The molecule has 10 heteroatoms. The molecule has 2 heterocycles. The quantitative estimate of drug-likeness (QED) is 0.207. The fourth-order valence-corrected chi connectivity index (χ4v) is 5.77. The maximum atomic E-state index is 11.9. The summed E-state index contributed by atoms with van der Waals surface area (Å²) in [5, 5.41) is -0.956. The minimum Gasteiger partial charge on any atom is -0.454 e. The second kappa shape index (κ2) is 8.91. The molecule has 2 aromatic carbocycles. The molecule has 28 heavy (non-hydrogen) atoms. The molecule has 0 saturated carbocycles. The van der Waals surface area contributed by atoms with Gasteiger partial charge in [0.25, 0.3) is 0 Å². The third kappa shape index (κ3) is 4.82. The van der Waals surface area contributed by atoms with E-state index in [2.05, 4.69) is 9.97 Å². The number of nitrogens with zero attached hydrogens (tertiary/aromatic N) is 2. The van der Waals surface area contributed by atoms with Gasteiger partial charge in [-0.2, -0.15) is 0 Å². The van der Waals surface area contributed by atoms with Gasteiger partial charge in [0.1, 0.15) is 13.2 Å². The Morgan fingerprint density at radius 1 is 0.750 bits per heavy atom. The zero-order valence-corrected chi connectivity index (χ0v) is 17.5. The van der Waals surface area contributed by atoms with Crippen molar-refractivity contribution in [2.24, 2.45) is 0 Å². The van der Waals surface area contributed by atoms with Gasteiger partial charge in [0.2, 0.25) is 0 Å². The molecule has 6 nitrogen and oxygen atoms in total. The molecule has 0 N–H and O–H groups in total. The molecule has 0 amide bonds. The summed E-state index contributed by atoms with van der Waals surface area (Å²) in [5.74, 6) is 0. The van der Waals surface area contributed by atoms with Crippen LogP contribution in [0.2, 0.25) is 0 Å². The number of ether oxygens (including phenoxy) is 2. The first-order valence-corrected chi connectivity index (χ1v) is 11.3. The zero-order chi connectivity index (χ0) is 19.3. The summed E-state index contributed by atoms with van der Waals surface area (Å²) in [6.07, 6.45) is 0. The van der Waals surface area contributed by atoms with Crippen LogP contribution in [0.5, 0.6) is 0 Å². The van der Waals surface area contributed by atoms with E-state index < -0.39 is 10.6 Å². The van der Waals surface area contributed by atoms with Gasteiger partial charge in [-0.15, -0.1) is 22.7 Å². The summed E-state index contributed by atoms with van der Waals surface area (Å²) in [5.41, 5.74) is 1.70. The third-order valence-electron chi connectivity index (χ3n) is 3.41. The van der Waals surface area contributed by atoms with Crippen LogP contribution in [-0.4, -0.2) is 33.8 Å². The van der Waals surface area contributed by atoms with Gasteiger partial charge < -0.3 is 9.47 Å². The maximum absolute atomic E-state index is 11.9. The molecule has 2 aromatic heterocycles. The number of thiazole rings is 2. The number of rotatable bonds is 5. The van der Waals surface area contributed by atoms with Crippen LogP contribution < -0.4 is 0 Å². The standard InChI is InChI=1S/C18H12N2O4S4/c21-17(27-15-19-11-5-1-3-7-13(11)25-15)23-9-10-24-18(22)28-16-20-12-6-2-4-8-14(12)26-16/h1-8H,9-10H2. The van der Waals surface area contributed by atoms with Gasteiger partial charge in [-0.3, -0.25) is 0 Å². The summed E-state index contributed by atoms with van der Waals surface area (Å²) in [7, 11) is 0. The number of carbonyl (C=O) groups excluding carboxylic acids is 2. The van der Waals surface area contributed by atoms with Crippen molar-refractivity contribution in [2.45, 2.75) is 8.68 Å². The highest BCUT2D eigenvalue weighted by Gasteiger charge is 2.13. The van der Waals surface area contributed by atoms with Crippen LogP contribution in [0.3, 0.4) is 0 Å². The minimum absolute atomic E-state index is 0.0110. The number of hydrogen-bond acceptors (Lipinski definition) is 10. The monoisotopic (exact) mass is 448 g/mol. The van der Waals surface area contributed by atoms with Gasteiger partial charge in [0.15, 0.2) is 8.68 Å². The fourth-order valence-electron chi connectivity index (χ4n) is 2.24. The highest BCUT2D eigenvalue weighted by molar-refractivity contribution is 8.14. The van der Waals surface area contributed by atoms with Gasteiger partial charge in [-0.1, -0.05) is 24.3 Å². The SMILES string of the molecule is O=C(OCCOC(=O)Sc1nc2ccccc2s1)Sc1nc2ccccc2s1. The predicted molar refractivity (Wildman–Crippen MR) is 114 cm³/mol. The molecule has 142 valence electrons. The molecule has 0 bridgehead atoms. The normalized spacial score (nSPS) is 11.0. The van der Waals surface area contributed by atoms with Crippen LogP contribution in [0.4, 0.5) is 9.59 Å². The van der Waals surface area contributed by atoms with Crippen LogP contribution in [0, 0.1) is 0 Å². The maximum Gasteiger partial charge on any atom is 0.374 e. The number of hydrogen-bond donors (Lipinski definition) is 0. The third-order valence-corrected chi connectivity index (χ3v) is 7.18. The second-order valence-corrected chi connectivity index (χ2v) is 9.72. The van der Waals surface area contributed by atoms with Crippen LogP contribution in [0.1, 0.15) is 0 Å². The smallest absolute Gasteiger partial charge is 0.374 e. The molecule has 4 aromatic rings. The lowest BCUT2D eigenvalue weighted by Crippen LogP contribution is -2.08. The second-order valence-electron chi connectivity index (χ2n) is 5.30. The van der Waals surface area contributed by atoms with Crippen molar-refractivity contribution in [1.82, 2.24) is 9.97 Å². The Kier molecular flexibility index (Phi) is 6.10. The van der Waals surface area contributed by atoms with Crippen molar-refractivity contribution in [3.8, 4) is 0 Å². The summed E-state index contributed by atoms with van der Waals surface area (Å²) in [4.78, 5) is 32.5. The van der Waals surface area contributed by atoms with E-state index in [4.69, 9.17) is 9.47 Å². The van der Waals surface area contributed by atoms with Crippen molar-refractivity contribution in [2.75, 3.05) is 13.2 Å². The van der Waals surface area contributed by atoms with E-state index in [1.54, 1.807) is 0 Å². The Morgan fingerprint density at radius 3 is 1.61 bits per heavy atom. The van der Waals surface area contributed by atoms with E-state index in [1.165, 1.54) is 22.7 Å². The van der Waals surface area contributed by atoms with Crippen LogP contribution in [0.25, 0.3) is 20.4 Å². The summed E-state index contributed by atoms with van der Waals surface area (Å²) in [6.45, 7) is -0.0221. The Morgan fingerprint density at radius 2 is 1.18 bits per heavy atom. The van der Waals surface area contributed by atoms with Gasteiger partial charge >= 0.3 is 10.6 Å². The summed E-state index contributed by atoms with van der Waals surface area (Å²) < 4.78 is 13.4. The lowest BCUT2D eigenvalue weighted by Gasteiger charge is -2.04. The molecule has 0 aliphatic carbocycles. The van der Waals surface area contributed by atoms with Gasteiger partial charge in [-0.25, -0.2) is 19.6 Å². The average Bonchev–Trinajstić information content (AvgIpc) is 3.27. The molecule has 4 rings (SSSR count). The minimum atomic E-state index is -0.478. The zero-order valence-electron chi connectivity index (χ0n) is 14.2. The van der Waals surface area contributed by atoms with E-state index in [9.17, 15) is 9.59 Å². The molecule has 0 atom stereocenters. The van der Waals surface area contributed by atoms with Crippen molar-refractivity contribution >= 4 is 77.2 Å². The van der Waals surface area contributed by atoms with Gasteiger partial charge in [0.05, 0.1) is 20.4 Å². The van der Waals surface area contributed by atoms with Crippen molar-refractivity contribution < 1.29 is 19.1 Å². The lowest BCUT2D eigenvalue weighted by molar-refractivity contribution is 0.123. The number of fused-ring (bicyclic) bond motifs is 2. The van der Waals surface area contributed by atoms with Crippen molar-refractivity contribution in [3.05, 3.63) is 48.5 Å². The van der Waals surface area contributed by atoms with Crippen LogP contribution >= 0.6 is 46.2 Å². The molecule has 0 unspecified atom stereocenters. The first-order valence-electron chi connectivity index (χ1n) is 8.08. The number of thioether (sulfide) groups is 2.